The maximum atomic E-state index is 10.9. The predicted molar refractivity (Wildman–Crippen MR) is 74.5 cm³/mol. The molecule has 0 aliphatic carbocycles. The molecule has 0 aliphatic heterocycles. The number of halogens is 2. The van der Waals surface area contributed by atoms with Gasteiger partial charge in [-0.2, -0.15) is 0 Å². The zero-order valence-electron chi connectivity index (χ0n) is 9.69. The van der Waals surface area contributed by atoms with E-state index in [2.05, 4.69) is 50.7 Å². The Morgan fingerprint density at radius 3 is 2.71 bits per heavy atom. The molecule has 0 N–H and O–H groups in total. The Kier molecular flexibility index (Phi) is 5.52. The minimum atomic E-state index is -0.387. The molecule has 0 radical (unpaired) electrons. The topological polar surface area (TPSA) is 56.0 Å². The van der Waals surface area contributed by atoms with Crippen LogP contribution in [0.4, 0.5) is 5.69 Å². The molecule has 0 bridgehead atoms. The Morgan fingerprint density at radius 2 is 2.18 bits per heavy atom. The summed E-state index contributed by atoms with van der Waals surface area (Å²) in [6.07, 6.45) is 3.13. The van der Waals surface area contributed by atoms with E-state index in [1.807, 2.05) is 0 Å². The molecule has 1 aromatic rings. The third kappa shape index (κ3) is 4.71. The molecular weight excluding hydrogens is 352 g/mol. The van der Waals surface area contributed by atoms with Crippen molar-refractivity contribution < 1.29 is 4.92 Å². The number of aromatic nitrogens is 1. The first-order chi connectivity index (χ1) is 7.90. The number of rotatable bonds is 5. The molecule has 1 atom stereocenters. The van der Waals surface area contributed by atoms with Crippen LogP contribution in [-0.2, 0) is 6.42 Å². The highest BCUT2D eigenvalue weighted by molar-refractivity contribution is 9.10. The molecule has 1 heterocycles. The van der Waals surface area contributed by atoms with Crippen LogP contribution >= 0.6 is 31.9 Å². The van der Waals surface area contributed by atoms with Crippen LogP contribution in [0.15, 0.2) is 16.7 Å². The normalized spacial score (nSPS) is 12.8. The summed E-state index contributed by atoms with van der Waals surface area (Å²) in [4.78, 5) is 14.9. The van der Waals surface area contributed by atoms with E-state index in [0.29, 0.717) is 22.5 Å². The van der Waals surface area contributed by atoms with Crippen molar-refractivity contribution in [2.75, 3.05) is 0 Å². The van der Waals surface area contributed by atoms with Gasteiger partial charge in [-0.3, -0.25) is 15.1 Å². The number of nitrogens with zero attached hydrogens (tertiary/aromatic N) is 2. The molecule has 1 unspecified atom stereocenters. The zero-order chi connectivity index (χ0) is 13.0. The van der Waals surface area contributed by atoms with Crippen molar-refractivity contribution in [2.24, 2.45) is 5.92 Å². The average Bonchev–Trinajstić information content (AvgIpc) is 2.19. The highest BCUT2D eigenvalue weighted by Crippen LogP contribution is 2.25. The molecule has 0 amide bonds. The fraction of sp³-hybridized carbons (Fsp3) is 0.545. The summed E-state index contributed by atoms with van der Waals surface area (Å²) in [6.45, 7) is 4.25. The summed E-state index contributed by atoms with van der Waals surface area (Å²) in [5, 5.41) is 10.9. The lowest BCUT2D eigenvalue weighted by molar-refractivity contribution is -0.386. The van der Waals surface area contributed by atoms with E-state index >= 15 is 0 Å². The van der Waals surface area contributed by atoms with Crippen LogP contribution in [0.25, 0.3) is 0 Å². The zero-order valence-corrected chi connectivity index (χ0v) is 12.9. The molecule has 0 spiro atoms. The predicted octanol–water partition coefficient (Wildman–Crippen LogP) is 4.10. The molecule has 0 saturated carbocycles. The summed E-state index contributed by atoms with van der Waals surface area (Å²) in [6, 6.07) is 1.50. The molecular formula is C11H14Br2N2O2. The Labute approximate surface area is 117 Å². The van der Waals surface area contributed by atoms with Gasteiger partial charge in [0.05, 0.1) is 4.92 Å². The van der Waals surface area contributed by atoms with Gasteiger partial charge in [0, 0.05) is 28.0 Å². The van der Waals surface area contributed by atoms with Crippen LogP contribution in [0.2, 0.25) is 0 Å². The number of hydrogen-bond acceptors (Lipinski definition) is 3. The van der Waals surface area contributed by atoms with Crippen molar-refractivity contribution in [2.45, 2.75) is 31.5 Å². The van der Waals surface area contributed by atoms with Gasteiger partial charge in [-0.15, -0.1) is 0 Å². The van der Waals surface area contributed by atoms with Gasteiger partial charge in [-0.1, -0.05) is 29.8 Å². The number of hydrogen-bond donors (Lipinski definition) is 0. The maximum absolute atomic E-state index is 10.9. The lowest BCUT2D eigenvalue weighted by Gasteiger charge is -2.11. The first kappa shape index (κ1) is 14.6. The third-order valence-electron chi connectivity index (χ3n) is 2.25. The summed E-state index contributed by atoms with van der Waals surface area (Å²) in [5.74, 6) is 0.550. The van der Waals surface area contributed by atoms with E-state index in [9.17, 15) is 10.1 Å². The van der Waals surface area contributed by atoms with Gasteiger partial charge in [0.1, 0.15) is 5.69 Å². The Bertz CT molecular complexity index is 410. The first-order valence-electron chi connectivity index (χ1n) is 5.33. The molecule has 0 saturated heterocycles. The van der Waals surface area contributed by atoms with Crippen molar-refractivity contribution in [1.82, 2.24) is 4.98 Å². The second-order valence-electron chi connectivity index (χ2n) is 4.31. The fourth-order valence-electron chi connectivity index (χ4n) is 1.58. The minimum absolute atomic E-state index is 0.0765. The molecule has 17 heavy (non-hydrogen) atoms. The van der Waals surface area contributed by atoms with E-state index in [1.54, 1.807) is 6.20 Å². The van der Waals surface area contributed by atoms with Gasteiger partial charge in [-0.05, 0) is 28.3 Å². The summed E-state index contributed by atoms with van der Waals surface area (Å²) in [7, 11) is 0. The lowest BCUT2D eigenvalue weighted by atomic mass is 10.0. The molecule has 4 nitrogen and oxygen atoms in total. The van der Waals surface area contributed by atoms with E-state index < -0.39 is 0 Å². The summed E-state index contributed by atoms with van der Waals surface area (Å²) < 4.78 is 0.628. The van der Waals surface area contributed by atoms with Crippen molar-refractivity contribution in [3.8, 4) is 0 Å². The first-order valence-corrected chi connectivity index (χ1v) is 7.04. The minimum Gasteiger partial charge on any atom is -0.258 e. The fourth-order valence-corrected chi connectivity index (χ4v) is 2.95. The molecule has 0 aliphatic rings. The highest BCUT2D eigenvalue weighted by atomic mass is 79.9. The smallest absolute Gasteiger partial charge is 0.258 e. The standard InChI is InChI=1S/C11H14Br2N2O2/c1-7(2)3-8(12)4-10-11(15(16)17)5-9(13)6-14-10/h5-8H,3-4H2,1-2H3. The molecule has 6 heteroatoms. The summed E-state index contributed by atoms with van der Waals surface area (Å²) >= 11 is 6.74. The Hall–Kier alpha value is -0.490. The second-order valence-corrected chi connectivity index (χ2v) is 6.52. The van der Waals surface area contributed by atoms with E-state index in [-0.39, 0.29) is 15.4 Å². The van der Waals surface area contributed by atoms with E-state index in [4.69, 9.17) is 0 Å². The van der Waals surface area contributed by atoms with Gasteiger partial charge in [0.25, 0.3) is 5.69 Å². The van der Waals surface area contributed by atoms with Crippen LogP contribution in [0.1, 0.15) is 26.0 Å². The monoisotopic (exact) mass is 364 g/mol. The number of nitro groups is 1. The van der Waals surface area contributed by atoms with Gasteiger partial charge < -0.3 is 0 Å². The number of pyridine rings is 1. The SMILES string of the molecule is CC(C)CC(Br)Cc1ncc(Br)cc1[N+](=O)[O-]. The van der Waals surface area contributed by atoms with Crippen molar-refractivity contribution in [1.29, 1.82) is 0 Å². The van der Waals surface area contributed by atoms with E-state index in [0.717, 1.165) is 6.42 Å². The van der Waals surface area contributed by atoms with Gasteiger partial charge in [0.2, 0.25) is 0 Å². The third-order valence-corrected chi connectivity index (χ3v) is 3.38. The van der Waals surface area contributed by atoms with Crippen molar-refractivity contribution >= 4 is 37.5 Å². The Balaban J connectivity index is 2.86. The largest absolute Gasteiger partial charge is 0.291 e. The molecule has 0 fully saturated rings. The maximum Gasteiger partial charge on any atom is 0.291 e. The van der Waals surface area contributed by atoms with Gasteiger partial charge >= 0.3 is 0 Å². The highest BCUT2D eigenvalue weighted by Gasteiger charge is 2.19. The molecule has 0 aromatic carbocycles. The Morgan fingerprint density at radius 1 is 1.53 bits per heavy atom. The average molecular weight is 366 g/mol. The second kappa shape index (κ2) is 6.44. The summed E-state index contributed by atoms with van der Waals surface area (Å²) in [5.41, 5.74) is 0.605. The quantitative estimate of drug-likeness (QED) is 0.448. The van der Waals surface area contributed by atoms with Crippen LogP contribution in [0, 0.1) is 16.0 Å². The van der Waals surface area contributed by atoms with Crippen LogP contribution in [-0.4, -0.2) is 14.7 Å². The van der Waals surface area contributed by atoms with Crippen LogP contribution in [0.3, 0.4) is 0 Å². The van der Waals surface area contributed by atoms with E-state index in [1.165, 1.54) is 6.07 Å². The molecule has 1 rings (SSSR count). The molecule has 94 valence electrons. The van der Waals surface area contributed by atoms with Gasteiger partial charge in [0.15, 0.2) is 0 Å². The van der Waals surface area contributed by atoms with Crippen molar-refractivity contribution in [3.05, 3.63) is 32.5 Å². The van der Waals surface area contributed by atoms with Crippen LogP contribution in [0.5, 0.6) is 0 Å². The van der Waals surface area contributed by atoms with Crippen molar-refractivity contribution in [3.63, 3.8) is 0 Å². The molecule has 1 aromatic heterocycles. The lowest BCUT2D eigenvalue weighted by Crippen LogP contribution is -2.09. The number of alkyl halides is 1. The van der Waals surface area contributed by atoms with Crippen LogP contribution < -0.4 is 0 Å². The van der Waals surface area contributed by atoms with Gasteiger partial charge in [-0.25, -0.2) is 0 Å².